The van der Waals surface area contributed by atoms with Gasteiger partial charge in [-0.05, 0) is 55.9 Å². The zero-order chi connectivity index (χ0) is 22.7. The third kappa shape index (κ3) is 4.93. The number of nitrogens with one attached hydrogen (secondary N) is 2. The van der Waals surface area contributed by atoms with Crippen molar-refractivity contribution in [3.8, 4) is 0 Å². The molecule has 1 amide bonds. The molecule has 4 rings (SSSR count). The number of carbonyl (C=O) groups excluding carboxylic acids is 1. The first-order valence-corrected chi connectivity index (χ1v) is 11.2. The van der Waals surface area contributed by atoms with Crippen LogP contribution in [0.25, 0.3) is 10.9 Å². The van der Waals surface area contributed by atoms with E-state index in [1.165, 1.54) is 18.2 Å². The Bertz CT molecular complexity index is 1090. The molecular formula is C24H27ClFN5O. The first-order chi connectivity index (χ1) is 15.4. The molecule has 0 radical (unpaired) electrons. The first-order valence-electron chi connectivity index (χ1n) is 10.8. The van der Waals surface area contributed by atoms with E-state index >= 15 is 0 Å². The number of carbonyl (C=O) groups is 1. The van der Waals surface area contributed by atoms with Gasteiger partial charge in [0.05, 0.1) is 16.1 Å². The summed E-state index contributed by atoms with van der Waals surface area (Å²) in [4.78, 5) is 23.8. The summed E-state index contributed by atoms with van der Waals surface area (Å²) < 4.78 is 13.9. The smallest absolute Gasteiger partial charge is 0.255 e. The van der Waals surface area contributed by atoms with Crippen LogP contribution in [0.4, 0.5) is 16.2 Å². The SMILES string of the molecule is CN(C)c1nc(NC2CCC(CNC(=O)c3c(F)cccc3Cl)CC2)nc2ccccc12. The van der Waals surface area contributed by atoms with Gasteiger partial charge in [-0.3, -0.25) is 4.79 Å². The summed E-state index contributed by atoms with van der Waals surface area (Å²) in [5, 5.41) is 7.49. The van der Waals surface area contributed by atoms with Crippen molar-refractivity contribution in [3.05, 3.63) is 58.9 Å². The standard InChI is InChI=1S/C24H27ClFN5O/c1-31(2)22-17-6-3-4-9-20(17)29-24(30-22)28-16-12-10-15(11-13-16)14-27-23(32)21-18(25)7-5-8-19(21)26/h3-9,15-16H,10-14H2,1-2H3,(H,27,32)(H,28,29,30). The minimum Gasteiger partial charge on any atom is -0.362 e. The van der Waals surface area contributed by atoms with E-state index in [9.17, 15) is 9.18 Å². The molecule has 1 aliphatic carbocycles. The van der Waals surface area contributed by atoms with Crippen molar-refractivity contribution in [2.24, 2.45) is 5.92 Å². The maximum absolute atomic E-state index is 13.9. The molecule has 1 aromatic heterocycles. The molecule has 2 aromatic carbocycles. The highest BCUT2D eigenvalue weighted by molar-refractivity contribution is 6.33. The van der Waals surface area contributed by atoms with Crippen LogP contribution in [0, 0.1) is 11.7 Å². The highest BCUT2D eigenvalue weighted by atomic mass is 35.5. The van der Waals surface area contributed by atoms with E-state index in [0.717, 1.165) is 42.4 Å². The van der Waals surface area contributed by atoms with E-state index in [-0.39, 0.29) is 16.6 Å². The Kier molecular flexibility index (Phi) is 6.74. The van der Waals surface area contributed by atoms with E-state index in [1.54, 1.807) is 0 Å². The number of para-hydroxylation sites is 1. The van der Waals surface area contributed by atoms with Crippen molar-refractivity contribution in [1.29, 1.82) is 0 Å². The van der Waals surface area contributed by atoms with Crippen LogP contribution in [0.15, 0.2) is 42.5 Å². The lowest BCUT2D eigenvalue weighted by molar-refractivity contribution is 0.0939. The Hall–Kier alpha value is -2.93. The molecule has 1 fully saturated rings. The number of amides is 1. The highest BCUT2D eigenvalue weighted by Gasteiger charge is 2.24. The molecule has 6 nitrogen and oxygen atoms in total. The second-order valence-corrected chi connectivity index (χ2v) is 8.86. The van der Waals surface area contributed by atoms with Crippen molar-refractivity contribution >= 4 is 40.2 Å². The molecule has 8 heteroatoms. The number of rotatable bonds is 6. The number of hydrogen-bond donors (Lipinski definition) is 2. The summed E-state index contributed by atoms with van der Waals surface area (Å²) in [6.07, 6.45) is 3.82. The fourth-order valence-corrected chi connectivity index (χ4v) is 4.45. The van der Waals surface area contributed by atoms with Gasteiger partial charge in [0.15, 0.2) is 0 Å². The molecule has 0 unspecified atom stereocenters. The Morgan fingerprint density at radius 2 is 1.84 bits per heavy atom. The molecule has 1 heterocycles. The largest absolute Gasteiger partial charge is 0.362 e. The fraction of sp³-hybridized carbons (Fsp3) is 0.375. The lowest BCUT2D eigenvalue weighted by Gasteiger charge is -2.29. The van der Waals surface area contributed by atoms with Gasteiger partial charge in [0.1, 0.15) is 11.6 Å². The minimum absolute atomic E-state index is 0.0883. The molecule has 3 aromatic rings. The summed E-state index contributed by atoms with van der Waals surface area (Å²) in [7, 11) is 3.96. The molecule has 1 aliphatic rings. The number of aromatic nitrogens is 2. The summed E-state index contributed by atoms with van der Waals surface area (Å²) in [6, 6.07) is 12.5. The average molecular weight is 456 g/mol. The summed E-state index contributed by atoms with van der Waals surface area (Å²) >= 11 is 5.99. The van der Waals surface area contributed by atoms with Crippen molar-refractivity contribution in [2.45, 2.75) is 31.7 Å². The van der Waals surface area contributed by atoms with Crippen molar-refractivity contribution in [3.63, 3.8) is 0 Å². The van der Waals surface area contributed by atoms with Gasteiger partial charge in [-0.15, -0.1) is 0 Å². The number of anilines is 2. The number of nitrogens with zero attached hydrogens (tertiary/aromatic N) is 3. The van der Waals surface area contributed by atoms with Crippen LogP contribution in [0.5, 0.6) is 0 Å². The van der Waals surface area contributed by atoms with E-state index < -0.39 is 11.7 Å². The van der Waals surface area contributed by atoms with Crippen molar-refractivity contribution in [2.75, 3.05) is 30.9 Å². The van der Waals surface area contributed by atoms with Crippen LogP contribution < -0.4 is 15.5 Å². The lowest BCUT2D eigenvalue weighted by atomic mass is 9.86. The third-order valence-corrected chi connectivity index (χ3v) is 6.24. The minimum atomic E-state index is -0.601. The lowest BCUT2D eigenvalue weighted by Crippen LogP contribution is -2.34. The van der Waals surface area contributed by atoms with Crippen LogP contribution in [-0.4, -0.2) is 42.6 Å². The Morgan fingerprint density at radius 3 is 2.56 bits per heavy atom. The topological polar surface area (TPSA) is 70.2 Å². The average Bonchev–Trinajstić information content (AvgIpc) is 2.78. The second kappa shape index (κ2) is 9.69. The van der Waals surface area contributed by atoms with Gasteiger partial charge in [-0.25, -0.2) is 9.37 Å². The predicted octanol–water partition coefficient (Wildman–Crippen LogP) is 4.89. The summed E-state index contributed by atoms with van der Waals surface area (Å²) in [6.45, 7) is 0.507. The van der Waals surface area contributed by atoms with E-state index in [2.05, 4.69) is 15.6 Å². The molecule has 0 atom stereocenters. The monoisotopic (exact) mass is 455 g/mol. The maximum Gasteiger partial charge on any atom is 0.255 e. The van der Waals surface area contributed by atoms with Crippen LogP contribution in [0.2, 0.25) is 5.02 Å². The summed E-state index contributed by atoms with van der Waals surface area (Å²) in [5.41, 5.74) is 0.826. The van der Waals surface area contributed by atoms with Gasteiger partial charge in [-0.1, -0.05) is 29.8 Å². The maximum atomic E-state index is 13.9. The zero-order valence-corrected chi connectivity index (χ0v) is 19.0. The van der Waals surface area contributed by atoms with Gasteiger partial charge >= 0.3 is 0 Å². The second-order valence-electron chi connectivity index (χ2n) is 8.45. The Morgan fingerprint density at radius 1 is 1.09 bits per heavy atom. The van der Waals surface area contributed by atoms with Crippen LogP contribution in [0.3, 0.4) is 0 Å². The molecule has 0 spiro atoms. The summed E-state index contributed by atoms with van der Waals surface area (Å²) in [5.74, 6) is 0.807. The molecule has 0 saturated heterocycles. The normalized spacial score (nSPS) is 18.4. The van der Waals surface area contributed by atoms with E-state index in [0.29, 0.717) is 18.4 Å². The molecule has 0 aliphatic heterocycles. The number of benzene rings is 2. The van der Waals surface area contributed by atoms with Gasteiger partial charge in [0, 0.05) is 32.1 Å². The highest BCUT2D eigenvalue weighted by Crippen LogP contribution is 2.28. The quantitative estimate of drug-likeness (QED) is 0.553. The van der Waals surface area contributed by atoms with Gasteiger partial charge in [0.2, 0.25) is 5.95 Å². The van der Waals surface area contributed by atoms with Crippen LogP contribution in [-0.2, 0) is 0 Å². The van der Waals surface area contributed by atoms with Crippen LogP contribution >= 0.6 is 11.6 Å². The van der Waals surface area contributed by atoms with E-state index in [4.69, 9.17) is 16.6 Å². The Balaban J connectivity index is 1.33. The third-order valence-electron chi connectivity index (χ3n) is 5.93. The molecule has 32 heavy (non-hydrogen) atoms. The number of halogens is 2. The molecular weight excluding hydrogens is 429 g/mol. The van der Waals surface area contributed by atoms with Gasteiger partial charge in [-0.2, -0.15) is 4.98 Å². The first kappa shape index (κ1) is 22.3. The van der Waals surface area contributed by atoms with Gasteiger partial charge < -0.3 is 15.5 Å². The fourth-order valence-electron chi connectivity index (χ4n) is 4.20. The number of fused-ring (bicyclic) bond motifs is 1. The molecule has 2 N–H and O–H groups in total. The molecule has 168 valence electrons. The number of hydrogen-bond acceptors (Lipinski definition) is 5. The van der Waals surface area contributed by atoms with Crippen molar-refractivity contribution < 1.29 is 9.18 Å². The van der Waals surface area contributed by atoms with Crippen molar-refractivity contribution in [1.82, 2.24) is 15.3 Å². The Labute approximate surface area is 192 Å². The molecule has 1 saturated carbocycles. The predicted molar refractivity (Wildman–Crippen MR) is 127 cm³/mol. The van der Waals surface area contributed by atoms with Gasteiger partial charge in [0.25, 0.3) is 5.91 Å². The van der Waals surface area contributed by atoms with E-state index in [1.807, 2.05) is 43.3 Å². The van der Waals surface area contributed by atoms with Crippen LogP contribution in [0.1, 0.15) is 36.0 Å². The molecule has 0 bridgehead atoms. The zero-order valence-electron chi connectivity index (χ0n) is 18.2.